The van der Waals surface area contributed by atoms with Crippen molar-refractivity contribution in [2.24, 2.45) is 5.73 Å². The van der Waals surface area contributed by atoms with Gasteiger partial charge in [-0.25, -0.2) is 9.37 Å². The van der Waals surface area contributed by atoms with E-state index in [1.54, 1.807) is 17.4 Å². The highest BCUT2D eigenvalue weighted by Gasteiger charge is 2.21. The Balaban J connectivity index is 1.94. The summed E-state index contributed by atoms with van der Waals surface area (Å²) in [5.41, 5.74) is 7.74. The fourth-order valence-electron chi connectivity index (χ4n) is 2.29. The number of nitrogens with two attached hydrogens (primary N) is 1. The molecule has 0 bridgehead atoms. The molecule has 0 unspecified atom stereocenters. The Morgan fingerprint density at radius 3 is 3.00 bits per heavy atom. The maximum Gasteiger partial charge on any atom is 0.177 e. The van der Waals surface area contributed by atoms with Gasteiger partial charge >= 0.3 is 0 Å². The molecular weight excluding hydrogens is 417 g/mol. The Kier molecular flexibility index (Phi) is 5.44. The topological polar surface area (TPSA) is 64.1 Å². The molecule has 0 fully saturated rings. The molecule has 128 valence electrons. The van der Waals surface area contributed by atoms with Gasteiger partial charge in [-0.3, -0.25) is 0 Å². The fraction of sp³-hybridized carbons (Fsp3) is 0.312. The number of halogens is 3. The van der Waals surface area contributed by atoms with E-state index in [-0.39, 0.29) is 6.42 Å². The smallest absolute Gasteiger partial charge is 0.177 e. The number of nitrogens with zero attached hydrogens (tertiary/aromatic N) is 1. The van der Waals surface area contributed by atoms with Gasteiger partial charge < -0.3 is 15.5 Å². The molecule has 0 radical (unpaired) electrons. The molecular formula is C16H16BrClFN3OS. The number of furan rings is 1. The second kappa shape index (κ2) is 7.39. The van der Waals surface area contributed by atoms with Gasteiger partial charge in [0, 0.05) is 30.0 Å². The summed E-state index contributed by atoms with van der Waals surface area (Å²) in [4.78, 5) is 5.50. The monoisotopic (exact) mass is 431 g/mol. The van der Waals surface area contributed by atoms with Crippen molar-refractivity contribution in [3.05, 3.63) is 43.8 Å². The summed E-state index contributed by atoms with van der Waals surface area (Å²) in [6.45, 7) is 2.09. The number of fused-ring (bicyclic) bond motifs is 1. The van der Waals surface area contributed by atoms with Crippen LogP contribution in [0, 0.1) is 0 Å². The highest BCUT2D eigenvalue weighted by atomic mass is 79.9. The number of thiophene rings is 1. The fourth-order valence-corrected chi connectivity index (χ4v) is 3.64. The third-order valence-corrected chi connectivity index (χ3v) is 5.55. The molecule has 3 rings (SSSR count). The molecule has 0 aliphatic heterocycles. The van der Waals surface area contributed by atoms with Crippen LogP contribution in [0.3, 0.4) is 0 Å². The third-order valence-electron chi connectivity index (χ3n) is 3.66. The van der Waals surface area contributed by atoms with Gasteiger partial charge in [-0.05, 0) is 34.3 Å². The van der Waals surface area contributed by atoms with E-state index in [0.717, 1.165) is 5.69 Å². The Morgan fingerprint density at radius 2 is 2.33 bits per heavy atom. The molecule has 3 N–H and O–H groups in total. The van der Waals surface area contributed by atoms with Crippen molar-refractivity contribution in [3.8, 4) is 0 Å². The zero-order valence-electron chi connectivity index (χ0n) is 12.9. The van der Waals surface area contributed by atoms with Crippen molar-refractivity contribution >= 4 is 55.7 Å². The van der Waals surface area contributed by atoms with E-state index in [4.69, 9.17) is 21.8 Å². The van der Waals surface area contributed by atoms with Crippen LogP contribution in [0.2, 0.25) is 5.15 Å². The van der Waals surface area contributed by atoms with Crippen molar-refractivity contribution < 1.29 is 8.81 Å². The van der Waals surface area contributed by atoms with Crippen molar-refractivity contribution in [2.75, 3.05) is 5.32 Å². The van der Waals surface area contributed by atoms with Gasteiger partial charge in [0.15, 0.2) is 5.58 Å². The number of hydrogen-bond donors (Lipinski definition) is 2. The summed E-state index contributed by atoms with van der Waals surface area (Å²) >= 11 is 11.3. The molecule has 0 spiro atoms. The Hall–Kier alpha value is -1.15. The van der Waals surface area contributed by atoms with Crippen LogP contribution >= 0.6 is 38.9 Å². The van der Waals surface area contributed by atoms with E-state index < -0.39 is 12.2 Å². The summed E-state index contributed by atoms with van der Waals surface area (Å²) in [7, 11) is 0. The van der Waals surface area contributed by atoms with Crippen LogP contribution in [0.5, 0.6) is 0 Å². The van der Waals surface area contributed by atoms with Crippen LogP contribution in [-0.4, -0.2) is 17.2 Å². The van der Waals surface area contributed by atoms with Crippen LogP contribution in [-0.2, 0) is 13.0 Å². The predicted octanol–water partition coefficient (Wildman–Crippen LogP) is 5.15. The molecule has 0 aliphatic rings. The average Bonchev–Trinajstić information content (AvgIpc) is 3.15. The first-order valence-corrected chi connectivity index (χ1v) is 9.44. The summed E-state index contributed by atoms with van der Waals surface area (Å²) in [5.74, 6) is 0.566. The molecule has 24 heavy (non-hydrogen) atoms. The van der Waals surface area contributed by atoms with Gasteiger partial charge in [-0.1, -0.05) is 17.7 Å². The standard InChI is InChI=1S/C16H16BrClFN3OS/c1-8(19)10(20)5-12-14(17)15-16(23-12)11(6-13(18)22-15)21-7-9-3-2-4-24-9/h2-4,6,8,10H,5,7,20H2,1H3,(H,21,22)/t8-,10-/m1/s1. The van der Waals surface area contributed by atoms with Gasteiger partial charge in [0.2, 0.25) is 0 Å². The predicted molar refractivity (Wildman–Crippen MR) is 101 cm³/mol. The lowest BCUT2D eigenvalue weighted by Crippen LogP contribution is -2.31. The zero-order valence-corrected chi connectivity index (χ0v) is 16.0. The normalized spacial score (nSPS) is 14.0. The minimum atomic E-state index is -1.13. The quantitative estimate of drug-likeness (QED) is 0.529. The van der Waals surface area contributed by atoms with E-state index in [9.17, 15) is 4.39 Å². The minimum absolute atomic E-state index is 0.274. The van der Waals surface area contributed by atoms with Crippen LogP contribution in [0.1, 0.15) is 17.6 Å². The highest BCUT2D eigenvalue weighted by Crippen LogP contribution is 2.36. The summed E-state index contributed by atoms with van der Waals surface area (Å²) < 4.78 is 19.9. The lowest BCUT2D eigenvalue weighted by molar-refractivity contribution is 0.295. The highest BCUT2D eigenvalue weighted by molar-refractivity contribution is 9.10. The van der Waals surface area contributed by atoms with E-state index in [1.807, 2.05) is 17.5 Å². The first-order valence-electron chi connectivity index (χ1n) is 7.39. The number of nitrogens with one attached hydrogen (secondary N) is 1. The molecule has 0 aliphatic carbocycles. The molecule has 3 heterocycles. The number of rotatable bonds is 6. The Morgan fingerprint density at radius 1 is 1.54 bits per heavy atom. The molecule has 0 saturated heterocycles. The minimum Gasteiger partial charge on any atom is -0.456 e. The summed E-state index contributed by atoms with van der Waals surface area (Å²) in [6, 6.07) is 5.12. The number of alkyl halides is 1. The number of hydrogen-bond acceptors (Lipinski definition) is 5. The van der Waals surface area contributed by atoms with Gasteiger partial charge in [0.25, 0.3) is 0 Å². The van der Waals surface area contributed by atoms with Crippen molar-refractivity contribution in [1.82, 2.24) is 4.98 Å². The van der Waals surface area contributed by atoms with Crippen molar-refractivity contribution in [1.29, 1.82) is 0 Å². The maximum atomic E-state index is 13.4. The van der Waals surface area contributed by atoms with Crippen molar-refractivity contribution in [3.63, 3.8) is 0 Å². The van der Waals surface area contributed by atoms with Crippen LogP contribution in [0.15, 0.2) is 32.5 Å². The number of anilines is 1. The summed E-state index contributed by atoms with van der Waals surface area (Å²) in [5, 5.41) is 5.69. The zero-order chi connectivity index (χ0) is 17.3. The summed E-state index contributed by atoms with van der Waals surface area (Å²) in [6.07, 6.45) is -0.852. The lowest BCUT2D eigenvalue weighted by Gasteiger charge is -2.10. The first kappa shape index (κ1) is 17.7. The molecule has 8 heteroatoms. The molecule has 0 aromatic carbocycles. The van der Waals surface area contributed by atoms with Gasteiger partial charge in [0.05, 0.1) is 10.2 Å². The van der Waals surface area contributed by atoms with E-state index in [2.05, 4.69) is 26.2 Å². The molecule has 0 saturated carbocycles. The molecule has 2 atom stereocenters. The van der Waals surface area contributed by atoms with Crippen LogP contribution < -0.4 is 11.1 Å². The molecule has 4 nitrogen and oxygen atoms in total. The van der Waals surface area contributed by atoms with Crippen LogP contribution in [0.25, 0.3) is 11.1 Å². The second-order valence-corrected chi connectivity index (χ2v) is 7.70. The van der Waals surface area contributed by atoms with Crippen molar-refractivity contribution in [2.45, 2.75) is 32.1 Å². The van der Waals surface area contributed by atoms with E-state index in [1.165, 1.54) is 11.8 Å². The maximum absolute atomic E-state index is 13.4. The van der Waals surface area contributed by atoms with E-state index >= 15 is 0 Å². The van der Waals surface area contributed by atoms with Gasteiger partial charge in [-0.2, -0.15) is 0 Å². The number of pyridine rings is 1. The molecule has 3 aromatic rings. The van der Waals surface area contributed by atoms with Gasteiger partial charge in [0.1, 0.15) is 22.6 Å². The largest absolute Gasteiger partial charge is 0.456 e. The number of aromatic nitrogens is 1. The molecule has 0 amide bonds. The average molecular weight is 433 g/mol. The van der Waals surface area contributed by atoms with Gasteiger partial charge in [-0.15, -0.1) is 11.3 Å². The Labute approximate surface area is 156 Å². The Bertz CT molecular complexity index is 838. The molecule has 3 aromatic heterocycles. The second-order valence-electron chi connectivity index (χ2n) is 5.49. The SMILES string of the molecule is C[C@@H](F)[C@H](N)Cc1oc2c(NCc3cccs3)cc(Cl)nc2c1Br. The third kappa shape index (κ3) is 3.74. The first-order chi connectivity index (χ1) is 11.5. The lowest BCUT2D eigenvalue weighted by atomic mass is 10.1. The van der Waals surface area contributed by atoms with Crippen LogP contribution in [0.4, 0.5) is 10.1 Å². The van der Waals surface area contributed by atoms with E-state index in [0.29, 0.717) is 33.0 Å².